The lowest BCUT2D eigenvalue weighted by atomic mass is 10.1. The third kappa shape index (κ3) is 3.71. The molecule has 2 heterocycles. The first kappa shape index (κ1) is 17.6. The predicted molar refractivity (Wildman–Crippen MR) is 96.0 cm³/mol. The Hall–Kier alpha value is -3.23. The zero-order chi connectivity index (χ0) is 18.7. The summed E-state index contributed by atoms with van der Waals surface area (Å²) in [6.45, 7) is 3.87. The highest BCUT2D eigenvalue weighted by Gasteiger charge is 2.15. The Labute approximate surface area is 151 Å². The molecule has 9 heteroatoms. The minimum Gasteiger partial charge on any atom is -0.493 e. The van der Waals surface area contributed by atoms with Gasteiger partial charge in [-0.15, -0.1) is 10.2 Å². The second-order valence-corrected chi connectivity index (χ2v) is 5.92. The van der Waals surface area contributed by atoms with Crippen LogP contribution in [0.4, 0.5) is 5.95 Å². The second kappa shape index (κ2) is 7.34. The Morgan fingerprint density at radius 2 is 1.92 bits per heavy atom. The first-order valence-electron chi connectivity index (χ1n) is 8.15. The van der Waals surface area contributed by atoms with E-state index in [0.29, 0.717) is 35.4 Å². The summed E-state index contributed by atoms with van der Waals surface area (Å²) in [5.41, 5.74) is 6.79. The molecular weight excluding hydrogens is 336 g/mol. The van der Waals surface area contributed by atoms with Gasteiger partial charge in [0.25, 0.3) is 0 Å². The second-order valence-electron chi connectivity index (χ2n) is 5.92. The summed E-state index contributed by atoms with van der Waals surface area (Å²) in [5, 5.41) is 11.3. The Bertz CT molecular complexity index is 887. The molecule has 0 amide bonds. The van der Waals surface area contributed by atoms with Crippen LogP contribution in [0.3, 0.4) is 0 Å². The van der Waals surface area contributed by atoms with Crippen molar-refractivity contribution < 1.29 is 14.2 Å². The Balaban J connectivity index is 1.89. The van der Waals surface area contributed by atoms with E-state index in [0.717, 1.165) is 5.56 Å². The topological polar surface area (TPSA) is 113 Å². The third-order valence-corrected chi connectivity index (χ3v) is 3.63. The van der Waals surface area contributed by atoms with E-state index in [1.165, 1.54) is 0 Å². The number of benzene rings is 1. The number of rotatable bonds is 7. The lowest BCUT2D eigenvalue weighted by molar-refractivity contribution is 0.232. The van der Waals surface area contributed by atoms with Crippen molar-refractivity contribution in [2.24, 2.45) is 0 Å². The highest BCUT2D eigenvalue weighted by Crippen LogP contribution is 2.28. The van der Waals surface area contributed by atoms with Crippen molar-refractivity contribution in [3.05, 3.63) is 35.7 Å². The molecule has 138 valence electrons. The van der Waals surface area contributed by atoms with Gasteiger partial charge in [0.15, 0.2) is 17.3 Å². The minimum atomic E-state index is 0.0261. The van der Waals surface area contributed by atoms with Crippen molar-refractivity contribution in [3.63, 3.8) is 0 Å². The van der Waals surface area contributed by atoms with E-state index < -0.39 is 0 Å². The summed E-state index contributed by atoms with van der Waals surface area (Å²) in [6.07, 6.45) is 0.530. The molecule has 3 N–H and O–H groups in total. The first-order valence-corrected chi connectivity index (χ1v) is 8.15. The van der Waals surface area contributed by atoms with Crippen LogP contribution in [0.1, 0.15) is 25.2 Å². The number of nitrogens with two attached hydrogens (primary N) is 1. The largest absolute Gasteiger partial charge is 0.493 e. The van der Waals surface area contributed by atoms with E-state index in [9.17, 15) is 0 Å². The van der Waals surface area contributed by atoms with Gasteiger partial charge < -0.3 is 19.9 Å². The molecule has 0 bridgehead atoms. The Morgan fingerprint density at radius 3 is 2.62 bits per heavy atom. The summed E-state index contributed by atoms with van der Waals surface area (Å²) in [6, 6.07) is 7.44. The fourth-order valence-electron chi connectivity index (χ4n) is 2.55. The highest BCUT2D eigenvalue weighted by molar-refractivity contribution is 5.44. The molecule has 0 aliphatic rings. The number of nitrogens with one attached hydrogen (secondary N) is 1. The molecule has 0 saturated carbocycles. The zero-order valence-corrected chi connectivity index (χ0v) is 15.2. The van der Waals surface area contributed by atoms with Gasteiger partial charge in [0, 0.05) is 12.5 Å². The van der Waals surface area contributed by atoms with Crippen LogP contribution >= 0.6 is 0 Å². The molecule has 3 aromatic rings. The molecule has 0 aliphatic heterocycles. The molecule has 26 heavy (non-hydrogen) atoms. The molecule has 0 unspecified atom stereocenters. The monoisotopic (exact) mass is 358 g/mol. The summed E-state index contributed by atoms with van der Waals surface area (Å²) in [4.78, 5) is 4.32. The van der Waals surface area contributed by atoms with E-state index in [1.54, 1.807) is 25.0 Å². The zero-order valence-electron chi connectivity index (χ0n) is 15.2. The average Bonchev–Trinajstić information content (AvgIpc) is 3.20. The van der Waals surface area contributed by atoms with Crippen molar-refractivity contribution in [1.29, 1.82) is 0 Å². The Morgan fingerprint density at radius 1 is 1.15 bits per heavy atom. The van der Waals surface area contributed by atoms with Crippen LogP contribution in [0.25, 0.3) is 5.82 Å². The molecule has 3 rings (SSSR count). The average molecular weight is 358 g/mol. The van der Waals surface area contributed by atoms with Crippen LogP contribution in [-0.4, -0.2) is 45.3 Å². The van der Waals surface area contributed by atoms with Crippen LogP contribution in [0.2, 0.25) is 0 Å². The van der Waals surface area contributed by atoms with Crippen molar-refractivity contribution in [3.8, 4) is 23.2 Å². The number of hydrogen-bond donors (Lipinski definition) is 2. The number of aromatic nitrogens is 5. The number of methoxy groups -OCH3 is 2. The number of hydrogen-bond acceptors (Lipinski definition) is 7. The van der Waals surface area contributed by atoms with Crippen LogP contribution in [0.5, 0.6) is 17.4 Å². The van der Waals surface area contributed by atoms with Crippen LogP contribution < -0.4 is 19.9 Å². The normalized spacial score (nSPS) is 11.0. The number of nitrogen functional groups attached to an aromatic ring is 1. The van der Waals surface area contributed by atoms with Crippen LogP contribution in [-0.2, 0) is 6.42 Å². The van der Waals surface area contributed by atoms with Gasteiger partial charge in [0.05, 0.1) is 20.3 Å². The molecule has 0 saturated heterocycles. The van der Waals surface area contributed by atoms with Gasteiger partial charge in [-0.2, -0.15) is 9.67 Å². The summed E-state index contributed by atoms with van der Waals surface area (Å²) in [5.74, 6) is 3.27. The van der Waals surface area contributed by atoms with E-state index in [-0.39, 0.29) is 12.1 Å². The van der Waals surface area contributed by atoms with Crippen molar-refractivity contribution >= 4 is 5.95 Å². The van der Waals surface area contributed by atoms with Gasteiger partial charge in [-0.05, 0) is 31.5 Å². The predicted octanol–water partition coefficient (Wildman–Crippen LogP) is 1.97. The van der Waals surface area contributed by atoms with Crippen molar-refractivity contribution in [2.75, 3.05) is 20.0 Å². The number of ether oxygens (including phenoxy) is 3. The SMILES string of the molecule is COc1ccc(Cc2nc(N)nn2-c2cc(OC(C)C)n[nH]2)cc1OC. The van der Waals surface area contributed by atoms with Gasteiger partial charge in [0.2, 0.25) is 11.8 Å². The van der Waals surface area contributed by atoms with Crippen LogP contribution in [0.15, 0.2) is 24.3 Å². The lowest BCUT2D eigenvalue weighted by Gasteiger charge is -2.09. The van der Waals surface area contributed by atoms with Gasteiger partial charge >= 0.3 is 0 Å². The van der Waals surface area contributed by atoms with Gasteiger partial charge in [-0.3, -0.25) is 5.10 Å². The molecule has 0 atom stereocenters. The van der Waals surface area contributed by atoms with E-state index in [2.05, 4.69) is 20.3 Å². The van der Waals surface area contributed by atoms with Crippen LogP contribution in [0, 0.1) is 0 Å². The number of aromatic amines is 1. The Kier molecular flexibility index (Phi) is 4.97. The molecule has 0 fully saturated rings. The number of H-pyrrole nitrogens is 1. The molecule has 0 spiro atoms. The smallest absolute Gasteiger partial charge is 0.240 e. The minimum absolute atomic E-state index is 0.0261. The maximum atomic E-state index is 5.81. The van der Waals surface area contributed by atoms with E-state index in [4.69, 9.17) is 19.9 Å². The maximum Gasteiger partial charge on any atom is 0.240 e. The van der Waals surface area contributed by atoms with Crippen molar-refractivity contribution in [2.45, 2.75) is 26.4 Å². The van der Waals surface area contributed by atoms with Gasteiger partial charge in [0.1, 0.15) is 5.82 Å². The highest BCUT2D eigenvalue weighted by atomic mass is 16.5. The molecule has 9 nitrogen and oxygen atoms in total. The molecule has 1 aromatic carbocycles. The van der Waals surface area contributed by atoms with Gasteiger partial charge in [-0.25, -0.2) is 0 Å². The van der Waals surface area contributed by atoms with Gasteiger partial charge in [-0.1, -0.05) is 6.07 Å². The molecular formula is C17H22N6O3. The summed E-state index contributed by atoms with van der Waals surface area (Å²) in [7, 11) is 3.20. The van der Waals surface area contributed by atoms with E-state index >= 15 is 0 Å². The van der Waals surface area contributed by atoms with E-state index in [1.807, 2.05) is 32.0 Å². The molecule has 0 radical (unpaired) electrons. The quantitative estimate of drug-likeness (QED) is 0.664. The first-order chi connectivity index (χ1) is 12.5. The number of anilines is 1. The number of nitrogens with zero attached hydrogens (tertiary/aromatic N) is 4. The van der Waals surface area contributed by atoms with Crippen molar-refractivity contribution in [1.82, 2.24) is 25.0 Å². The molecule has 2 aromatic heterocycles. The standard InChI is InChI=1S/C17H22N6O3/c1-10(2)26-16-9-15(20-21-16)23-14(19-17(18)22-23)8-11-5-6-12(24-3)13(7-11)25-4/h5-7,9-10H,8H2,1-4H3,(H2,18,22)(H,20,21). The maximum absolute atomic E-state index is 5.81. The molecule has 0 aliphatic carbocycles. The fourth-order valence-corrected chi connectivity index (χ4v) is 2.55. The summed E-state index contributed by atoms with van der Waals surface area (Å²) >= 11 is 0. The lowest BCUT2D eigenvalue weighted by Crippen LogP contribution is -2.05. The fraction of sp³-hybridized carbons (Fsp3) is 0.353. The summed E-state index contributed by atoms with van der Waals surface area (Å²) < 4.78 is 17.8. The third-order valence-electron chi connectivity index (χ3n) is 3.63.